The van der Waals surface area contributed by atoms with Gasteiger partial charge in [-0.25, -0.2) is 0 Å². The van der Waals surface area contributed by atoms with Crippen molar-refractivity contribution in [2.24, 2.45) is 0 Å². The number of hydrogen-bond acceptors (Lipinski definition) is 5. The van der Waals surface area contributed by atoms with E-state index >= 15 is 0 Å². The standard InChI is InChI=1S/C22H24N2O5/c1-27-19-8-6-18(7-9-19)23-20(25)16-2-4-17(5-3-16)21(26)24-12-10-22(11-13-24)28-14-15-29-22/h2-9H,10-15H2,1H3,(H,23,25). The van der Waals surface area contributed by atoms with Crippen LogP contribution in [0, 0.1) is 0 Å². The molecule has 0 saturated carbocycles. The van der Waals surface area contributed by atoms with Crippen LogP contribution in [0.5, 0.6) is 5.75 Å². The Balaban J connectivity index is 1.35. The van der Waals surface area contributed by atoms with Gasteiger partial charge in [0, 0.05) is 42.7 Å². The highest BCUT2D eigenvalue weighted by atomic mass is 16.7. The first kappa shape index (κ1) is 19.4. The molecule has 2 aromatic carbocycles. The molecule has 2 amide bonds. The maximum Gasteiger partial charge on any atom is 0.255 e. The number of amides is 2. The minimum absolute atomic E-state index is 0.0417. The summed E-state index contributed by atoms with van der Waals surface area (Å²) < 4.78 is 16.5. The predicted octanol–water partition coefficient (Wildman–Crippen LogP) is 2.93. The van der Waals surface area contributed by atoms with Gasteiger partial charge >= 0.3 is 0 Å². The van der Waals surface area contributed by atoms with Crippen molar-refractivity contribution in [1.82, 2.24) is 4.90 Å². The molecular formula is C22H24N2O5. The Morgan fingerprint density at radius 3 is 2.10 bits per heavy atom. The van der Waals surface area contributed by atoms with Crippen molar-refractivity contribution in [3.8, 4) is 5.75 Å². The summed E-state index contributed by atoms with van der Waals surface area (Å²) in [6.45, 7) is 2.43. The highest BCUT2D eigenvalue weighted by molar-refractivity contribution is 6.05. The van der Waals surface area contributed by atoms with Crippen molar-refractivity contribution in [2.45, 2.75) is 18.6 Å². The largest absolute Gasteiger partial charge is 0.497 e. The third kappa shape index (κ3) is 4.26. The van der Waals surface area contributed by atoms with Crippen LogP contribution in [0.1, 0.15) is 33.6 Å². The van der Waals surface area contributed by atoms with Crippen molar-refractivity contribution >= 4 is 17.5 Å². The number of ether oxygens (including phenoxy) is 3. The highest BCUT2D eigenvalue weighted by Crippen LogP contribution is 2.31. The molecule has 1 spiro atoms. The van der Waals surface area contributed by atoms with E-state index in [0.717, 1.165) is 5.75 Å². The van der Waals surface area contributed by atoms with E-state index < -0.39 is 5.79 Å². The first-order chi connectivity index (χ1) is 14.1. The number of likely N-dealkylation sites (tertiary alicyclic amines) is 1. The van der Waals surface area contributed by atoms with Crippen molar-refractivity contribution < 1.29 is 23.8 Å². The second-order valence-electron chi connectivity index (χ2n) is 7.16. The van der Waals surface area contributed by atoms with Crippen molar-refractivity contribution in [3.63, 3.8) is 0 Å². The molecule has 0 bridgehead atoms. The molecule has 2 fully saturated rings. The molecule has 2 aromatic rings. The van der Waals surface area contributed by atoms with E-state index in [2.05, 4.69) is 5.32 Å². The monoisotopic (exact) mass is 396 g/mol. The van der Waals surface area contributed by atoms with Gasteiger partial charge in [0.05, 0.1) is 20.3 Å². The minimum Gasteiger partial charge on any atom is -0.497 e. The van der Waals surface area contributed by atoms with E-state index in [1.165, 1.54) is 0 Å². The summed E-state index contributed by atoms with van der Waals surface area (Å²) in [7, 11) is 1.59. The Morgan fingerprint density at radius 1 is 0.931 bits per heavy atom. The molecule has 152 valence electrons. The highest BCUT2D eigenvalue weighted by Gasteiger charge is 2.40. The third-order valence-corrected chi connectivity index (χ3v) is 5.37. The fourth-order valence-electron chi connectivity index (χ4n) is 3.66. The zero-order chi connectivity index (χ0) is 20.3. The van der Waals surface area contributed by atoms with Crippen LogP contribution >= 0.6 is 0 Å². The number of methoxy groups -OCH3 is 1. The van der Waals surface area contributed by atoms with E-state index in [-0.39, 0.29) is 11.8 Å². The van der Waals surface area contributed by atoms with Gasteiger partial charge in [-0.1, -0.05) is 0 Å². The van der Waals surface area contributed by atoms with E-state index in [9.17, 15) is 9.59 Å². The molecule has 1 N–H and O–H groups in total. The number of anilines is 1. The fourth-order valence-corrected chi connectivity index (χ4v) is 3.66. The molecule has 2 heterocycles. The normalized spacial score (nSPS) is 17.9. The van der Waals surface area contributed by atoms with Gasteiger partial charge in [-0.15, -0.1) is 0 Å². The van der Waals surface area contributed by atoms with Gasteiger partial charge in [-0.2, -0.15) is 0 Å². The van der Waals surface area contributed by atoms with Crippen LogP contribution in [0.25, 0.3) is 0 Å². The van der Waals surface area contributed by atoms with Crippen molar-refractivity contribution in [3.05, 3.63) is 59.7 Å². The molecule has 2 aliphatic heterocycles. The Morgan fingerprint density at radius 2 is 1.52 bits per heavy atom. The molecule has 0 aliphatic carbocycles. The van der Waals surface area contributed by atoms with Gasteiger partial charge in [-0.05, 0) is 48.5 Å². The number of nitrogens with zero attached hydrogens (tertiary/aromatic N) is 1. The first-order valence-corrected chi connectivity index (χ1v) is 9.71. The zero-order valence-electron chi connectivity index (χ0n) is 16.3. The summed E-state index contributed by atoms with van der Waals surface area (Å²) in [4.78, 5) is 27.0. The second kappa shape index (κ2) is 8.23. The molecule has 7 nitrogen and oxygen atoms in total. The van der Waals surface area contributed by atoms with E-state index in [0.29, 0.717) is 56.0 Å². The molecule has 0 aromatic heterocycles. The van der Waals surface area contributed by atoms with Gasteiger partial charge in [0.1, 0.15) is 5.75 Å². The van der Waals surface area contributed by atoms with Crippen molar-refractivity contribution in [1.29, 1.82) is 0 Å². The molecule has 2 saturated heterocycles. The molecule has 0 unspecified atom stereocenters. The molecule has 0 radical (unpaired) electrons. The number of piperidine rings is 1. The van der Waals surface area contributed by atoms with Gasteiger partial charge in [-0.3, -0.25) is 9.59 Å². The lowest BCUT2D eigenvalue weighted by atomic mass is 10.0. The third-order valence-electron chi connectivity index (χ3n) is 5.37. The Labute approximate surface area is 169 Å². The zero-order valence-corrected chi connectivity index (χ0v) is 16.3. The number of carbonyl (C=O) groups is 2. The van der Waals surface area contributed by atoms with Crippen LogP contribution in [0.2, 0.25) is 0 Å². The predicted molar refractivity (Wildman–Crippen MR) is 107 cm³/mol. The lowest BCUT2D eigenvalue weighted by Crippen LogP contribution is -2.47. The molecule has 2 aliphatic rings. The number of hydrogen-bond donors (Lipinski definition) is 1. The Kier molecular flexibility index (Phi) is 5.51. The number of rotatable bonds is 4. The van der Waals surface area contributed by atoms with Crippen LogP contribution in [0.4, 0.5) is 5.69 Å². The Hall–Kier alpha value is -2.90. The smallest absolute Gasteiger partial charge is 0.255 e. The average molecular weight is 396 g/mol. The first-order valence-electron chi connectivity index (χ1n) is 9.71. The fraction of sp³-hybridized carbons (Fsp3) is 0.364. The average Bonchev–Trinajstić information content (AvgIpc) is 3.22. The van der Waals surface area contributed by atoms with Gasteiger partial charge in [0.15, 0.2) is 5.79 Å². The molecule has 0 atom stereocenters. The van der Waals surface area contributed by atoms with Crippen LogP contribution in [0.3, 0.4) is 0 Å². The topological polar surface area (TPSA) is 77.1 Å². The summed E-state index contributed by atoms with van der Waals surface area (Å²) in [5, 5.41) is 2.83. The lowest BCUT2D eigenvalue weighted by Gasteiger charge is -2.37. The van der Waals surface area contributed by atoms with Gasteiger partial charge in [0.25, 0.3) is 11.8 Å². The van der Waals surface area contributed by atoms with Gasteiger partial charge < -0.3 is 24.4 Å². The number of nitrogens with one attached hydrogen (secondary N) is 1. The summed E-state index contributed by atoms with van der Waals surface area (Å²) in [6, 6.07) is 13.8. The lowest BCUT2D eigenvalue weighted by molar-refractivity contribution is -0.181. The second-order valence-corrected chi connectivity index (χ2v) is 7.16. The molecule has 29 heavy (non-hydrogen) atoms. The van der Waals surface area contributed by atoms with Crippen LogP contribution in [0.15, 0.2) is 48.5 Å². The summed E-state index contributed by atoms with van der Waals surface area (Å²) in [6.07, 6.45) is 1.36. The minimum atomic E-state index is -0.500. The Bertz CT molecular complexity index is 863. The summed E-state index contributed by atoms with van der Waals surface area (Å²) in [5.41, 5.74) is 1.73. The van der Waals surface area contributed by atoms with Gasteiger partial charge in [0.2, 0.25) is 0 Å². The van der Waals surface area contributed by atoms with E-state index in [1.807, 2.05) is 4.90 Å². The number of carbonyl (C=O) groups excluding carboxylic acids is 2. The maximum absolute atomic E-state index is 12.8. The van der Waals surface area contributed by atoms with Crippen molar-refractivity contribution in [2.75, 3.05) is 38.7 Å². The summed E-state index contributed by atoms with van der Waals surface area (Å²) >= 11 is 0. The van der Waals surface area contributed by atoms with E-state index in [1.54, 1.807) is 55.6 Å². The molecule has 4 rings (SSSR count). The maximum atomic E-state index is 12.8. The molecule has 7 heteroatoms. The molecular weight excluding hydrogens is 372 g/mol. The quantitative estimate of drug-likeness (QED) is 0.860. The SMILES string of the molecule is COc1ccc(NC(=O)c2ccc(C(=O)N3CCC4(CC3)OCCO4)cc2)cc1. The van der Waals surface area contributed by atoms with Crippen LogP contribution in [-0.4, -0.2) is 55.9 Å². The summed E-state index contributed by atoms with van der Waals surface area (Å²) in [5.74, 6) is -0.0506. The van der Waals surface area contributed by atoms with Crippen LogP contribution in [-0.2, 0) is 9.47 Å². The van der Waals surface area contributed by atoms with Crippen LogP contribution < -0.4 is 10.1 Å². The van der Waals surface area contributed by atoms with E-state index in [4.69, 9.17) is 14.2 Å². The number of benzene rings is 2.